The van der Waals surface area contributed by atoms with Crippen LogP contribution in [0.15, 0.2) is 24.3 Å². The molecule has 0 atom stereocenters. The van der Waals surface area contributed by atoms with E-state index < -0.39 is 11.8 Å². The van der Waals surface area contributed by atoms with Crippen molar-refractivity contribution >= 4 is 19.4 Å². The smallest absolute Gasteiger partial charge is 0.434 e. The highest BCUT2D eigenvalue weighted by atomic mass is 16.2. The van der Waals surface area contributed by atoms with Crippen LogP contribution in [0.4, 0.5) is 0 Å². The van der Waals surface area contributed by atoms with Gasteiger partial charge in [0.1, 0.15) is 0 Å². The summed E-state index contributed by atoms with van der Waals surface area (Å²) in [5.74, 6) is -0.966. The Morgan fingerprint density at radius 1 is 1.08 bits per heavy atom. The predicted molar refractivity (Wildman–Crippen MR) is 44.9 cm³/mol. The Balaban J connectivity index is 2.57. The lowest BCUT2D eigenvalue weighted by Gasteiger charge is -2.05. The standard InChI is InChI=1S/C8H5BNO3/c11-7-5-3-1-2-4-6(5)8(12)10(7)9-13/h1-4,13H. The summed E-state index contributed by atoms with van der Waals surface area (Å²) < 4.78 is 0. The Morgan fingerprint density at radius 2 is 1.54 bits per heavy atom. The van der Waals surface area contributed by atoms with E-state index >= 15 is 0 Å². The van der Waals surface area contributed by atoms with Crippen molar-refractivity contribution in [2.45, 2.75) is 0 Å². The molecule has 1 N–H and O–H groups in total. The minimum Gasteiger partial charge on any atom is -0.434 e. The van der Waals surface area contributed by atoms with Crippen molar-refractivity contribution in [3.63, 3.8) is 0 Å². The van der Waals surface area contributed by atoms with Crippen LogP contribution >= 0.6 is 0 Å². The lowest BCUT2D eigenvalue weighted by molar-refractivity contribution is 0.0750. The molecule has 1 heterocycles. The van der Waals surface area contributed by atoms with Gasteiger partial charge in [-0.1, -0.05) is 12.1 Å². The van der Waals surface area contributed by atoms with E-state index in [0.717, 1.165) is 0 Å². The van der Waals surface area contributed by atoms with Gasteiger partial charge in [0.05, 0.1) is 11.1 Å². The number of nitrogens with zero attached hydrogens (tertiary/aromatic N) is 1. The van der Waals surface area contributed by atoms with Gasteiger partial charge in [-0.15, -0.1) is 0 Å². The van der Waals surface area contributed by atoms with E-state index in [1.165, 1.54) is 0 Å². The summed E-state index contributed by atoms with van der Waals surface area (Å²) in [6, 6.07) is 6.45. The number of fused-ring (bicyclic) bond motifs is 1. The normalized spacial score (nSPS) is 14.7. The number of carbonyl (C=O) groups is 2. The summed E-state index contributed by atoms with van der Waals surface area (Å²) in [7, 11) is 0.491. The van der Waals surface area contributed by atoms with Gasteiger partial charge in [-0.25, -0.2) is 0 Å². The first-order chi connectivity index (χ1) is 6.25. The zero-order valence-electron chi connectivity index (χ0n) is 6.60. The van der Waals surface area contributed by atoms with Crippen LogP contribution in [0.3, 0.4) is 0 Å². The molecule has 0 spiro atoms. The van der Waals surface area contributed by atoms with Crippen molar-refractivity contribution in [2.75, 3.05) is 0 Å². The number of imide groups is 1. The summed E-state index contributed by atoms with van der Waals surface area (Å²) in [6.07, 6.45) is 0. The van der Waals surface area contributed by atoms with Crippen molar-refractivity contribution in [3.8, 4) is 0 Å². The van der Waals surface area contributed by atoms with Gasteiger partial charge < -0.3 is 5.02 Å². The second-order valence-corrected chi connectivity index (χ2v) is 2.64. The third-order valence-electron chi connectivity index (χ3n) is 1.94. The predicted octanol–water partition coefficient (Wildman–Crippen LogP) is -0.191. The molecule has 1 aromatic rings. The lowest BCUT2D eigenvalue weighted by atomic mass is 10.1. The molecular formula is C8H5BNO3. The van der Waals surface area contributed by atoms with Gasteiger partial charge >= 0.3 is 7.62 Å². The molecule has 1 aliphatic heterocycles. The molecule has 2 rings (SSSR count). The summed E-state index contributed by atoms with van der Waals surface area (Å²) >= 11 is 0. The Bertz CT molecular complexity index is 356. The van der Waals surface area contributed by atoms with Crippen LogP contribution in [0.5, 0.6) is 0 Å². The van der Waals surface area contributed by atoms with E-state index in [0.29, 0.717) is 23.6 Å². The summed E-state index contributed by atoms with van der Waals surface area (Å²) in [6.45, 7) is 0. The molecule has 0 aliphatic carbocycles. The molecule has 1 aromatic carbocycles. The third kappa shape index (κ3) is 0.974. The number of hydrogen-bond acceptors (Lipinski definition) is 3. The molecule has 5 heteroatoms. The summed E-state index contributed by atoms with van der Waals surface area (Å²) in [5.41, 5.74) is 0.663. The number of amides is 2. The van der Waals surface area contributed by atoms with Crippen molar-refractivity contribution < 1.29 is 14.6 Å². The Labute approximate surface area is 75.1 Å². The first kappa shape index (κ1) is 8.00. The largest absolute Gasteiger partial charge is 0.446 e. The maximum absolute atomic E-state index is 11.4. The fourth-order valence-electron chi connectivity index (χ4n) is 1.31. The molecule has 0 unspecified atom stereocenters. The van der Waals surface area contributed by atoms with Crippen LogP contribution in [-0.2, 0) is 0 Å². The molecule has 0 aromatic heterocycles. The van der Waals surface area contributed by atoms with Crippen molar-refractivity contribution in [1.82, 2.24) is 4.81 Å². The Hall–Kier alpha value is -1.62. The third-order valence-corrected chi connectivity index (χ3v) is 1.94. The van der Waals surface area contributed by atoms with Gasteiger partial charge in [0.15, 0.2) is 0 Å². The molecule has 0 bridgehead atoms. The SMILES string of the molecule is O=C1c2ccccc2C(=O)N1[B]O. The molecule has 13 heavy (non-hydrogen) atoms. The zero-order chi connectivity index (χ0) is 9.42. The first-order valence-corrected chi connectivity index (χ1v) is 3.70. The van der Waals surface area contributed by atoms with Gasteiger partial charge in [-0.3, -0.25) is 14.4 Å². The molecule has 2 amide bonds. The summed E-state index contributed by atoms with van der Waals surface area (Å²) in [4.78, 5) is 23.4. The van der Waals surface area contributed by atoms with E-state index in [1.54, 1.807) is 24.3 Å². The highest BCUT2D eigenvalue weighted by Crippen LogP contribution is 2.20. The molecule has 1 aliphatic rings. The van der Waals surface area contributed by atoms with Gasteiger partial charge in [0.2, 0.25) is 0 Å². The van der Waals surface area contributed by atoms with Gasteiger partial charge in [0.25, 0.3) is 11.8 Å². The van der Waals surface area contributed by atoms with Crippen LogP contribution in [0.25, 0.3) is 0 Å². The topological polar surface area (TPSA) is 57.6 Å². The average molecular weight is 174 g/mol. The molecule has 0 saturated carbocycles. The number of carbonyl (C=O) groups excluding carboxylic acids is 2. The lowest BCUT2D eigenvalue weighted by Crippen LogP contribution is -2.33. The van der Waals surface area contributed by atoms with Crippen LogP contribution in [0.2, 0.25) is 0 Å². The first-order valence-electron chi connectivity index (χ1n) is 3.70. The Kier molecular flexibility index (Phi) is 1.67. The Morgan fingerprint density at radius 3 is 1.92 bits per heavy atom. The zero-order valence-corrected chi connectivity index (χ0v) is 6.60. The summed E-state index contributed by atoms with van der Waals surface area (Å²) in [5, 5.41) is 8.64. The second-order valence-electron chi connectivity index (χ2n) is 2.64. The average Bonchev–Trinajstić information content (AvgIpc) is 2.41. The highest BCUT2D eigenvalue weighted by Gasteiger charge is 2.34. The van der Waals surface area contributed by atoms with Crippen molar-refractivity contribution in [2.24, 2.45) is 0 Å². The van der Waals surface area contributed by atoms with E-state index in [1.807, 2.05) is 0 Å². The van der Waals surface area contributed by atoms with Gasteiger partial charge in [-0.05, 0) is 12.1 Å². The van der Waals surface area contributed by atoms with Crippen LogP contribution in [0.1, 0.15) is 20.7 Å². The van der Waals surface area contributed by atoms with Gasteiger partial charge in [0, 0.05) is 0 Å². The molecule has 63 valence electrons. The maximum Gasteiger partial charge on any atom is 0.446 e. The van der Waals surface area contributed by atoms with Crippen LogP contribution < -0.4 is 0 Å². The van der Waals surface area contributed by atoms with E-state index in [2.05, 4.69) is 0 Å². The number of rotatable bonds is 1. The van der Waals surface area contributed by atoms with Crippen molar-refractivity contribution in [1.29, 1.82) is 0 Å². The van der Waals surface area contributed by atoms with E-state index in [4.69, 9.17) is 5.02 Å². The fraction of sp³-hybridized carbons (Fsp3) is 0. The molecule has 4 nitrogen and oxygen atoms in total. The number of hydrogen-bond donors (Lipinski definition) is 1. The molecule has 0 saturated heterocycles. The minimum absolute atomic E-state index is 0.331. The maximum atomic E-state index is 11.4. The quantitative estimate of drug-likeness (QED) is 0.474. The van der Waals surface area contributed by atoms with E-state index in [-0.39, 0.29) is 0 Å². The molecule has 1 radical (unpaired) electrons. The van der Waals surface area contributed by atoms with E-state index in [9.17, 15) is 9.59 Å². The fourth-order valence-corrected chi connectivity index (χ4v) is 1.31. The minimum atomic E-state index is -0.483. The number of benzene rings is 1. The highest BCUT2D eigenvalue weighted by molar-refractivity contribution is 6.42. The second kappa shape index (κ2) is 2.71. The van der Waals surface area contributed by atoms with Crippen LogP contribution in [0, 0.1) is 0 Å². The van der Waals surface area contributed by atoms with Gasteiger partial charge in [-0.2, -0.15) is 0 Å². The van der Waals surface area contributed by atoms with Crippen molar-refractivity contribution in [3.05, 3.63) is 35.4 Å². The van der Waals surface area contributed by atoms with Crippen LogP contribution in [-0.4, -0.2) is 29.3 Å². The molecular weight excluding hydrogens is 169 g/mol. The molecule has 0 fully saturated rings. The monoisotopic (exact) mass is 174 g/mol.